The van der Waals surface area contributed by atoms with Crippen LogP contribution in [-0.2, 0) is 0 Å². The van der Waals surface area contributed by atoms with Gasteiger partial charge < -0.3 is 10.2 Å². The first-order valence-corrected chi connectivity index (χ1v) is 8.56. The lowest BCUT2D eigenvalue weighted by atomic mass is 9.87. The lowest BCUT2D eigenvalue weighted by Crippen LogP contribution is -2.35. The second-order valence-corrected chi connectivity index (χ2v) is 6.69. The molecular weight excluding hydrogens is 258 g/mol. The van der Waals surface area contributed by atoms with E-state index in [0.29, 0.717) is 6.04 Å². The van der Waals surface area contributed by atoms with Crippen molar-refractivity contribution in [3.05, 3.63) is 23.9 Å². The Morgan fingerprint density at radius 1 is 1.24 bits per heavy atom. The van der Waals surface area contributed by atoms with Crippen LogP contribution in [0.5, 0.6) is 0 Å². The molecule has 1 unspecified atom stereocenters. The van der Waals surface area contributed by atoms with Crippen molar-refractivity contribution < 1.29 is 0 Å². The number of pyridine rings is 1. The SMILES string of the molecule is CCCNC(C)c1ccc(N2CCC(C(C)C)CC2)nc1. The van der Waals surface area contributed by atoms with E-state index < -0.39 is 0 Å². The smallest absolute Gasteiger partial charge is 0.128 e. The standard InChI is InChI=1S/C18H31N3/c1-5-10-19-15(4)17-6-7-18(20-13-17)21-11-8-16(9-12-21)14(2)3/h6-7,13-16,19H,5,8-12H2,1-4H3. The quantitative estimate of drug-likeness (QED) is 0.857. The molecule has 1 saturated heterocycles. The van der Waals surface area contributed by atoms with Crippen molar-refractivity contribution in [3.63, 3.8) is 0 Å². The molecule has 1 fully saturated rings. The Morgan fingerprint density at radius 3 is 2.48 bits per heavy atom. The fraction of sp³-hybridized carbons (Fsp3) is 0.722. The molecule has 1 aromatic rings. The average Bonchev–Trinajstić information content (AvgIpc) is 2.53. The molecule has 1 aliphatic rings. The summed E-state index contributed by atoms with van der Waals surface area (Å²) >= 11 is 0. The summed E-state index contributed by atoms with van der Waals surface area (Å²) in [4.78, 5) is 7.12. The minimum atomic E-state index is 0.387. The van der Waals surface area contributed by atoms with Crippen LogP contribution in [0.15, 0.2) is 18.3 Å². The molecule has 3 heteroatoms. The van der Waals surface area contributed by atoms with E-state index in [0.717, 1.165) is 37.3 Å². The molecule has 0 spiro atoms. The van der Waals surface area contributed by atoms with Crippen LogP contribution >= 0.6 is 0 Å². The van der Waals surface area contributed by atoms with Crippen molar-refractivity contribution in [1.82, 2.24) is 10.3 Å². The summed E-state index contributed by atoms with van der Waals surface area (Å²) in [6.07, 6.45) is 5.81. The molecule has 0 aliphatic carbocycles. The third-order valence-corrected chi connectivity index (χ3v) is 4.78. The summed E-state index contributed by atoms with van der Waals surface area (Å²) in [5.41, 5.74) is 1.28. The number of nitrogens with one attached hydrogen (secondary N) is 1. The predicted molar refractivity (Wildman–Crippen MR) is 90.7 cm³/mol. The van der Waals surface area contributed by atoms with Gasteiger partial charge in [0, 0.05) is 25.3 Å². The molecule has 21 heavy (non-hydrogen) atoms. The summed E-state index contributed by atoms with van der Waals surface area (Å²) in [5.74, 6) is 2.84. The van der Waals surface area contributed by atoms with E-state index in [2.05, 4.69) is 55.0 Å². The second-order valence-electron chi connectivity index (χ2n) is 6.69. The van der Waals surface area contributed by atoms with Crippen molar-refractivity contribution in [3.8, 4) is 0 Å². The largest absolute Gasteiger partial charge is 0.357 e. The molecule has 118 valence electrons. The number of hydrogen-bond acceptors (Lipinski definition) is 3. The molecule has 0 radical (unpaired) electrons. The number of piperidine rings is 1. The molecule has 0 amide bonds. The van der Waals surface area contributed by atoms with E-state index >= 15 is 0 Å². The Kier molecular flexibility index (Phi) is 6.04. The van der Waals surface area contributed by atoms with Gasteiger partial charge in [-0.15, -0.1) is 0 Å². The van der Waals surface area contributed by atoms with E-state index in [9.17, 15) is 0 Å². The highest BCUT2D eigenvalue weighted by Crippen LogP contribution is 2.27. The number of nitrogens with zero attached hydrogens (tertiary/aromatic N) is 2. The zero-order chi connectivity index (χ0) is 15.2. The maximum absolute atomic E-state index is 4.69. The highest BCUT2D eigenvalue weighted by Gasteiger charge is 2.22. The number of rotatable bonds is 6. The maximum atomic E-state index is 4.69. The molecule has 1 aromatic heterocycles. The van der Waals surface area contributed by atoms with Crippen molar-refractivity contribution in [2.45, 2.75) is 53.0 Å². The summed E-state index contributed by atoms with van der Waals surface area (Å²) in [6.45, 7) is 12.5. The zero-order valence-corrected chi connectivity index (χ0v) is 14.1. The molecule has 2 rings (SSSR count). The minimum absolute atomic E-state index is 0.387. The second kappa shape index (κ2) is 7.79. The third kappa shape index (κ3) is 4.44. The Balaban J connectivity index is 1.91. The molecule has 1 N–H and O–H groups in total. The van der Waals surface area contributed by atoms with Crippen molar-refractivity contribution in [1.29, 1.82) is 0 Å². The monoisotopic (exact) mass is 289 g/mol. The molecule has 0 saturated carbocycles. The van der Waals surface area contributed by atoms with Gasteiger partial charge in [-0.25, -0.2) is 4.98 Å². The van der Waals surface area contributed by atoms with Gasteiger partial charge in [-0.1, -0.05) is 26.8 Å². The summed E-state index contributed by atoms with van der Waals surface area (Å²) in [7, 11) is 0. The van der Waals surface area contributed by atoms with Crippen LogP contribution in [0, 0.1) is 11.8 Å². The lowest BCUT2D eigenvalue weighted by molar-refractivity contribution is 0.310. The van der Waals surface area contributed by atoms with Crippen molar-refractivity contribution in [2.75, 3.05) is 24.5 Å². The fourth-order valence-electron chi connectivity index (χ4n) is 3.11. The topological polar surface area (TPSA) is 28.2 Å². The lowest BCUT2D eigenvalue weighted by Gasteiger charge is -2.34. The van der Waals surface area contributed by atoms with E-state index in [1.54, 1.807) is 0 Å². The highest BCUT2D eigenvalue weighted by molar-refractivity contribution is 5.40. The zero-order valence-electron chi connectivity index (χ0n) is 14.1. The first kappa shape index (κ1) is 16.3. The fourth-order valence-corrected chi connectivity index (χ4v) is 3.11. The molecule has 3 nitrogen and oxygen atoms in total. The minimum Gasteiger partial charge on any atom is -0.357 e. The Morgan fingerprint density at radius 2 is 1.95 bits per heavy atom. The molecule has 2 heterocycles. The van der Waals surface area contributed by atoms with Gasteiger partial charge in [-0.2, -0.15) is 0 Å². The van der Waals surface area contributed by atoms with Crippen LogP contribution in [0.25, 0.3) is 0 Å². The van der Waals surface area contributed by atoms with E-state index in [4.69, 9.17) is 0 Å². The molecule has 1 aliphatic heterocycles. The predicted octanol–water partition coefficient (Wildman–Crippen LogP) is 4.01. The van der Waals surface area contributed by atoms with Crippen molar-refractivity contribution >= 4 is 5.82 Å². The number of aromatic nitrogens is 1. The Bertz CT molecular complexity index is 405. The van der Waals surface area contributed by atoms with Crippen LogP contribution in [0.4, 0.5) is 5.82 Å². The van der Waals surface area contributed by atoms with Crippen molar-refractivity contribution in [2.24, 2.45) is 11.8 Å². The van der Waals surface area contributed by atoms with E-state index in [1.807, 2.05) is 6.20 Å². The summed E-state index contributed by atoms with van der Waals surface area (Å²) < 4.78 is 0. The maximum Gasteiger partial charge on any atom is 0.128 e. The molecule has 0 bridgehead atoms. The molecule has 1 atom stereocenters. The molecule has 0 aromatic carbocycles. The van der Waals surface area contributed by atoms with Gasteiger partial charge >= 0.3 is 0 Å². The van der Waals surface area contributed by atoms with Gasteiger partial charge in [0.1, 0.15) is 5.82 Å². The van der Waals surface area contributed by atoms with Crippen LogP contribution < -0.4 is 10.2 Å². The van der Waals surface area contributed by atoms with Gasteiger partial charge in [0.25, 0.3) is 0 Å². The van der Waals surface area contributed by atoms with Crippen LogP contribution in [0.1, 0.15) is 58.6 Å². The summed E-state index contributed by atoms with van der Waals surface area (Å²) in [6, 6.07) is 4.80. The summed E-state index contributed by atoms with van der Waals surface area (Å²) in [5, 5.41) is 3.51. The van der Waals surface area contributed by atoms with Crippen LogP contribution in [-0.4, -0.2) is 24.6 Å². The van der Waals surface area contributed by atoms with Gasteiger partial charge in [-0.05, 0) is 56.2 Å². The van der Waals surface area contributed by atoms with Crippen LogP contribution in [0.3, 0.4) is 0 Å². The molecular formula is C18H31N3. The first-order chi connectivity index (χ1) is 10.1. The van der Waals surface area contributed by atoms with Gasteiger partial charge in [0.05, 0.1) is 0 Å². The Labute approximate surface area is 130 Å². The Hall–Kier alpha value is -1.09. The normalized spacial score (nSPS) is 18.2. The average molecular weight is 289 g/mol. The number of hydrogen-bond donors (Lipinski definition) is 1. The first-order valence-electron chi connectivity index (χ1n) is 8.56. The highest BCUT2D eigenvalue weighted by atomic mass is 15.2. The number of anilines is 1. The van der Waals surface area contributed by atoms with Gasteiger partial charge in [0.2, 0.25) is 0 Å². The van der Waals surface area contributed by atoms with Crippen LogP contribution in [0.2, 0.25) is 0 Å². The van der Waals surface area contributed by atoms with Gasteiger partial charge in [-0.3, -0.25) is 0 Å². The van der Waals surface area contributed by atoms with Gasteiger partial charge in [0.15, 0.2) is 0 Å². The van der Waals surface area contributed by atoms with E-state index in [1.165, 1.54) is 24.8 Å². The van der Waals surface area contributed by atoms with E-state index in [-0.39, 0.29) is 0 Å². The third-order valence-electron chi connectivity index (χ3n) is 4.78.